The number of carbonyl (C=O) groups is 7. The van der Waals surface area contributed by atoms with Crippen LogP contribution in [0, 0.1) is 0 Å². The highest BCUT2D eigenvalue weighted by atomic mass is 35.7. The predicted molar refractivity (Wildman–Crippen MR) is 490 cm³/mol. The number of aromatic nitrogens is 5. The van der Waals surface area contributed by atoms with Crippen LogP contribution in [-0.2, 0) is 69.8 Å². The van der Waals surface area contributed by atoms with Crippen molar-refractivity contribution in [3.8, 4) is 22.5 Å². The monoisotopic (exact) mass is 1940 g/mol. The molecule has 44 heteroatoms. The molecule has 0 bridgehead atoms. The van der Waals surface area contributed by atoms with Crippen molar-refractivity contribution in [1.82, 2.24) is 67.5 Å². The number of likely N-dealkylation sites (tertiary alicyclic amines) is 1. The van der Waals surface area contributed by atoms with Crippen LogP contribution in [0.5, 0.6) is 0 Å². The second-order valence-corrected chi connectivity index (χ2v) is 43.2. The summed E-state index contributed by atoms with van der Waals surface area (Å²) in [5.41, 5.74) is 5.74. The van der Waals surface area contributed by atoms with Crippen molar-refractivity contribution in [3.63, 3.8) is 0 Å². The zero-order chi connectivity index (χ0) is 93.0. The van der Waals surface area contributed by atoms with Gasteiger partial charge in [-0.05, 0) is 170 Å². The Labute approximate surface area is 762 Å². The first-order chi connectivity index (χ1) is 58.3. The standard InChI is InChI=1S/C20H19ClN4O3S.C15H9ClN2O2.C10H20N2O4S.C10H19NO2.C9H5ClO2.C7H7NO.2C5H12N2O2S.CH3ClO2S.ClH/c1-29(27,28)25-9-7-24(8-10-25)20(26)17-12-19(14-3-2-6-22-13-14)23-18-5-4-15(21)11-16(17)18;16-10-3-4-13-11(6-10)12(15(19)20)7-14(18-13)9-2-1-5-17-8-9;1-10(2,3)16-9(13)11-5-7-12(8-6-11)17(4,14)15;1-10(2,3)13-9(12)11-7-5-4-6-8-11;10-6-2-1-5-3-8(11)9(12)7(5)4-6;1-6(9)7-3-2-4-8-5-7;2*1-10(8,9)7-4-2-6-3-5-7;1-5(2,3)4;/h2-6,11-13H,7-10H2,1H3;1-8H,(H,19,20);5-8H2,1-4H3;4-8H2,1-3H3;1-2,4H,3H2;2-5H,1H3;2*6H,2-5H2,1H3;1H3;1H. The zero-order valence-electron chi connectivity index (χ0n) is 71.9. The van der Waals surface area contributed by atoms with E-state index in [1.165, 1.54) is 66.6 Å². The Morgan fingerprint density at radius 3 is 1.16 bits per heavy atom. The lowest BCUT2D eigenvalue weighted by Gasteiger charge is -2.34. The van der Waals surface area contributed by atoms with Crippen molar-refractivity contribution in [2.75, 3.05) is 149 Å². The summed E-state index contributed by atoms with van der Waals surface area (Å²) in [5.74, 6) is -1.87. The number of piperidine rings is 1. The molecule has 690 valence electrons. The van der Waals surface area contributed by atoms with Gasteiger partial charge in [0, 0.05) is 220 Å². The van der Waals surface area contributed by atoms with Crippen molar-refractivity contribution in [2.45, 2.75) is 85.4 Å². The lowest BCUT2D eigenvalue weighted by Crippen LogP contribution is -2.51. The van der Waals surface area contributed by atoms with Gasteiger partial charge in [0.2, 0.25) is 60.7 Å². The fourth-order valence-corrected chi connectivity index (χ4v) is 16.1. The number of hydrogen-bond acceptors (Lipinski definition) is 26. The number of carboxylic acids is 1. The van der Waals surface area contributed by atoms with Crippen LogP contribution in [0.2, 0.25) is 15.1 Å². The summed E-state index contributed by atoms with van der Waals surface area (Å²) in [6, 6.07) is 29.3. The van der Waals surface area contributed by atoms with Gasteiger partial charge in [-0.2, -0.15) is 17.2 Å². The fourth-order valence-electron chi connectivity index (χ4n) is 12.2. The third-order valence-electron chi connectivity index (χ3n) is 18.4. The summed E-state index contributed by atoms with van der Waals surface area (Å²) in [5, 5.41) is 18.2. The largest absolute Gasteiger partial charge is 0.478 e. The molecule has 0 radical (unpaired) electrons. The van der Waals surface area contributed by atoms with Crippen LogP contribution in [0.25, 0.3) is 44.3 Å². The molecule has 10 heterocycles. The SMILES string of the molecule is CC(=O)c1cccnc1.CC(C)(C)OC(=O)N1CCCCC1.CC(C)(C)OC(=O)N1CCN(S(C)(=O)=O)CC1.CS(=O)(=O)Cl.CS(=O)(=O)N1CCN(C(=O)c2cc(-c3cccnc3)nc3ccc(Cl)cc23)CC1.CS(=O)(=O)N1CCNCC1.CS(=O)(=O)N1CCNCC1.Cl.O=C(O)c1cc(-c2cccnc2)nc2ccc(Cl)cc12.O=C1Cc2ccc(Cl)cc2C1=O. The molecule has 3 amide bonds. The van der Waals surface area contributed by atoms with E-state index in [1.54, 1.807) is 147 Å². The maximum Gasteiger partial charge on any atom is 0.410 e. The molecule has 8 aromatic rings. The van der Waals surface area contributed by atoms with Crippen LogP contribution in [0.15, 0.2) is 140 Å². The molecule has 0 unspecified atom stereocenters. The number of Topliss-reactive ketones (excluding diaryl/α,β-unsaturated/α-hetero) is 3. The second-order valence-electron chi connectivity index (χ2n) is 30.9. The van der Waals surface area contributed by atoms with E-state index < -0.39 is 66.5 Å². The van der Waals surface area contributed by atoms with Crippen molar-refractivity contribution in [1.29, 1.82) is 0 Å². The van der Waals surface area contributed by atoms with Crippen LogP contribution >= 0.6 is 57.9 Å². The number of ketones is 3. The maximum atomic E-state index is 13.3. The molecule has 0 spiro atoms. The summed E-state index contributed by atoms with van der Waals surface area (Å²) in [7, 11) is -11.0. The number of nitrogens with one attached hydrogen (secondary N) is 2. The van der Waals surface area contributed by atoms with E-state index >= 15 is 0 Å². The first-order valence-corrected chi connectivity index (χ1v) is 50.4. The van der Waals surface area contributed by atoms with Gasteiger partial charge in [-0.3, -0.25) is 34.1 Å². The Balaban J connectivity index is 0.000000261. The minimum Gasteiger partial charge on any atom is -0.478 e. The van der Waals surface area contributed by atoms with Crippen molar-refractivity contribution >= 4 is 170 Å². The van der Waals surface area contributed by atoms with E-state index in [0.717, 1.165) is 75.1 Å². The highest BCUT2D eigenvalue weighted by Gasteiger charge is 2.32. The van der Waals surface area contributed by atoms with E-state index in [-0.39, 0.29) is 72.7 Å². The average Bonchev–Trinajstić information content (AvgIpc) is 1.02. The summed E-state index contributed by atoms with van der Waals surface area (Å²) in [4.78, 5) is 107. The number of fused-ring (bicyclic) bond motifs is 3. The molecule has 5 aromatic heterocycles. The normalized spacial score (nSPS) is 16.0. The van der Waals surface area contributed by atoms with Crippen molar-refractivity contribution in [3.05, 3.63) is 183 Å². The number of ether oxygens (including phenoxy) is 2. The van der Waals surface area contributed by atoms with Gasteiger partial charge in [0.15, 0.2) is 5.78 Å². The van der Waals surface area contributed by atoms with Gasteiger partial charge < -0.3 is 39.9 Å². The van der Waals surface area contributed by atoms with Crippen molar-refractivity contribution < 1.29 is 90.2 Å². The Hall–Kier alpha value is -8.62. The summed E-state index contributed by atoms with van der Waals surface area (Å²) in [6.07, 6.45) is 18.8. The molecule has 34 nitrogen and oxygen atoms in total. The number of aromatic carboxylic acids is 1. The molecule has 14 rings (SSSR count). The fraction of sp³-hybridized carbons (Fsp3) is 0.439. The van der Waals surface area contributed by atoms with Gasteiger partial charge in [-0.25, -0.2) is 66.4 Å². The number of rotatable bonds is 9. The Morgan fingerprint density at radius 1 is 0.452 bits per heavy atom. The summed E-state index contributed by atoms with van der Waals surface area (Å²) < 4.78 is 125. The molecule has 0 atom stereocenters. The molecule has 5 fully saturated rings. The van der Waals surface area contributed by atoms with Gasteiger partial charge >= 0.3 is 18.2 Å². The van der Waals surface area contributed by atoms with E-state index in [2.05, 4.69) is 46.2 Å². The van der Waals surface area contributed by atoms with Crippen LogP contribution in [-0.4, -0.2) is 306 Å². The number of sulfonamides is 4. The van der Waals surface area contributed by atoms with E-state index in [0.29, 0.717) is 130 Å². The smallest absolute Gasteiger partial charge is 0.410 e. The number of carbonyl (C=O) groups excluding carboxylic acids is 6. The van der Waals surface area contributed by atoms with Gasteiger partial charge in [-0.1, -0.05) is 40.9 Å². The van der Waals surface area contributed by atoms with Gasteiger partial charge in [-0.15, -0.1) is 12.4 Å². The number of benzene rings is 3. The highest BCUT2D eigenvalue weighted by Crippen LogP contribution is 2.31. The highest BCUT2D eigenvalue weighted by molar-refractivity contribution is 8.13. The van der Waals surface area contributed by atoms with Gasteiger partial charge in [0.05, 0.1) is 64.8 Å². The Bertz CT molecular complexity index is 5600. The number of nitrogens with zero attached hydrogens (tertiary/aromatic N) is 12. The first kappa shape index (κ1) is 108. The second kappa shape index (κ2) is 49.2. The quantitative estimate of drug-likeness (QED) is 0.0686. The molecule has 5 saturated heterocycles. The Morgan fingerprint density at radius 2 is 0.810 bits per heavy atom. The first-order valence-electron chi connectivity index (χ1n) is 39.1. The average molecular weight is 1950 g/mol. The molecule has 3 N–H and O–H groups in total. The summed E-state index contributed by atoms with van der Waals surface area (Å²) >= 11 is 17.8. The number of carboxylic acid groups (broad SMARTS) is 1. The number of hydrogen-bond donors (Lipinski definition) is 3. The number of halogens is 5. The zero-order valence-corrected chi connectivity index (χ0v) is 79.8. The molecule has 126 heavy (non-hydrogen) atoms. The molecule has 0 saturated carbocycles. The van der Waals surface area contributed by atoms with Crippen LogP contribution < -0.4 is 10.6 Å². The molecular weight excluding hydrogens is 1840 g/mol. The van der Waals surface area contributed by atoms with E-state index in [1.807, 2.05) is 39.0 Å². The lowest BCUT2D eigenvalue weighted by molar-refractivity contribution is -0.114. The van der Waals surface area contributed by atoms with Gasteiger partial charge in [0.25, 0.3) is 5.91 Å². The van der Waals surface area contributed by atoms with Crippen LogP contribution in [0.1, 0.15) is 115 Å². The number of amides is 3. The third-order valence-corrected chi connectivity index (χ3v) is 24.3. The minimum absolute atomic E-state index is 0. The topological polar surface area (TPSA) is 440 Å². The molecular formula is C82H107Cl5N14O20S5. The molecule has 6 aliphatic rings. The van der Waals surface area contributed by atoms with Gasteiger partial charge in [0.1, 0.15) is 11.2 Å². The Kier molecular flexibility index (Phi) is 42.2. The maximum absolute atomic E-state index is 13.3. The van der Waals surface area contributed by atoms with Crippen LogP contribution in [0.3, 0.4) is 0 Å². The predicted octanol–water partition coefficient (Wildman–Crippen LogP) is 10.5. The number of pyridine rings is 5. The lowest BCUT2D eigenvalue weighted by atomic mass is 10.0. The van der Waals surface area contributed by atoms with Crippen molar-refractivity contribution in [2.24, 2.45) is 0 Å². The number of piperazine rings is 4. The molecule has 3 aromatic carbocycles. The third kappa shape index (κ3) is 37.6. The molecule has 5 aliphatic heterocycles. The molecule has 1 aliphatic carbocycles. The van der Waals surface area contributed by atoms with E-state index in [4.69, 9.17) is 44.3 Å². The van der Waals surface area contributed by atoms with E-state index in [9.17, 15) is 80.8 Å². The van der Waals surface area contributed by atoms with Crippen LogP contribution in [0.4, 0.5) is 9.59 Å². The minimum atomic E-state index is -3.26. The summed E-state index contributed by atoms with van der Waals surface area (Å²) in [6.45, 7) is 22.5.